The van der Waals surface area contributed by atoms with Crippen LogP contribution in [0, 0.1) is 5.41 Å². The molecule has 0 saturated heterocycles. The van der Waals surface area contributed by atoms with Crippen LogP contribution in [0.1, 0.15) is 32.2 Å². The molecule has 1 aromatic heterocycles. The van der Waals surface area contributed by atoms with Crippen molar-refractivity contribution in [1.82, 2.24) is 9.55 Å². The highest BCUT2D eigenvalue weighted by Crippen LogP contribution is 2.29. The Hall–Kier alpha value is -2.34. The van der Waals surface area contributed by atoms with E-state index in [2.05, 4.69) is 26.6 Å². The number of carbonyl (C=O) groups is 1. The summed E-state index contributed by atoms with van der Waals surface area (Å²) < 4.78 is 8.33. The van der Waals surface area contributed by atoms with Gasteiger partial charge in [0.2, 0.25) is 0 Å². The predicted octanol–water partition coefficient (Wildman–Crippen LogP) is 4.68. The monoisotopic (exact) mass is 430 g/mol. The van der Waals surface area contributed by atoms with Crippen LogP contribution in [0.2, 0.25) is 0 Å². The van der Waals surface area contributed by atoms with Gasteiger partial charge >= 0.3 is 5.97 Å². The average Bonchev–Trinajstić information content (AvgIpc) is 2.92. The molecule has 5 nitrogen and oxygen atoms in total. The van der Waals surface area contributed by atoms with Crippen molar-refractivity contribution in [3.8, 4) is 5.75 Å². The number of esters is 1. The first-order valence-electron chi connectivity index (χ1n) is 8.90. The lowest BCUT2D eigenvalue weighted by molar-refractivity contribution is -0.153. The maximum absolute atomic E-state index is 12.4. The van der Waals surface area contributed by atoms with Gasteiger partial charge in [0.1, 0.15) is 11.6 Å². The molecule has 1 N–H and O–H groups in total. The fraction of sp³-hybridized carbons (Fsp3) is 0.333. The van der Waals surface area contributed by atoms with Crippen LogP contribution in [0.15, 0.2) is 46.9 Å². The molecule has 3 aromatic rings. The third kappa shape index (κ3) is 4.16. The van der Waals surface area contributed by atoms with Crippen molar-refractivity contribution in [1.29, 1.82) is 0 Å². The van der Waals surface area contributed by atoms with Crippen LogP contribution in [0.5, 0.6) is 5.75 Å². The van der Waals surface area contributed by atoms with Crippen LogP contribution in [0.4, 0.5) is 0 Å². The summed E-state index contributed by atoms with van der Waals surface area (Å²) in [4.78, 5) is 17.1. The van der Waals surface area contributed by atoms with Gasteiger partial charge in [-0.05, 0) is 44.5 Å². The fourth-order valence-electron chi connectivity index (χ4n) is 3.07. The van der Waals surface area contributed by atoms with Crippen molar-refractivity contribution >= 4 is 32.9 Å². The van der Waals surface area contributed by atoms with E-state index in [0.717, 1.165) is 21.4 Å². The number of hydrogen-bond acceptors (Lipinski definition) is 4. The Morgan fingerprint density at radius 2 is 2.00 bits per heavy atom. The first-order chi connectivity index (χ1) is 12.8. The maximum atomic E-state index is 12.4. The second kappa shape index (κ2) is 7.72. The summed E-state index contributed by atoms with van der Waals surface area (Å²) in [7, 11) is 0. The zero-order valence-electron chi connectivity index (χ0n) is 15.7. The summed E-state index contributed by atoms with van der Waals surface area (Å²) >= 11 is 3.60. The molecule has 0 radical (unpaired) electrons. The van der Waals surface area contributed by atoms with Crippen LogP contribution in [0.3, 0.4) is 0 Å². The molecule has 0 unspecified atom stereocenters. The van der Waals surface area contributed by atoms with Gasteiger partial charge in [-0.1, -0.05) is 34.1 Å². The Balaban J connectivity index is 2.06. The van der Waals surface area contributed by atoms with Crippen molar-refractivity contribution < 1.29 is 14.6 Å². The number of imidazole rings is 1. The van der Waals surface area contributed by atoms with Crippen LogP contribution < -0.4 is 0 Å². The molecule has 0 amide bonds. The van der Waals surface area contributed by atoms with Crippen LogP contribution in [-0.2, 0) is 22.5 Å². The first-order valence-corrected chi connectivity index (χ1v) is 9.70. The number of nitrogens with zero attached hydrogens (tertiary/aromatic N) is 2. The summed E-state index contributed by atoms with van der Waals surface area (Å²) in [5, 5.41) is 9.82. The van der Waals surface area contributed by atoms with E-state index in [-0.39, 0.29) is 11.7 Å². The van der Waals surface area contributed by atoms with E-state index in [1.807, 2.05) is 38.1 Å². The van der Waals surface area contributed by atoms with Crippen LogP contribution in [0.25, 0.3) is 11.0 Å². The summed E-state index contributed by atoms with van der Waals surface area (Å²) in [5.74, 6) is 0.709. The number of rotatable bonds is 6. The Morgan fingerprint density at radius 3 is 2.70 bits per heavy atom. The summed E-state index contributed by atoms with van der Waals surface area (Å²) in [5.41, 5.74) is 2.03. The normalized spacial score (nSPS) is 11.7. The number of benzene rings is 2. The number of aromatic hydroxyl groups is 1. The van der Waals surface area contributed by atoms with Crippen molar-refractivity contribution in [3.63, 3.8) is 0 Å². The van der Waals surface area contributed by atoms with E-state index >= 15 is 0 Å². The topological polar surface area (TPSA) is 64.3 Å². The standard InChI is InChI=1S/C21H23BrN2O3/c1-4-27-20(26)21(2,3)12-19-23-17-11-15(25)9-10-18(17)24(19)13-14-7-5-6-8-16(14)22/h5-11,25H,4,12-13H2,1-3H3. The molecule has 0 aliphatic heterocycles. The van der Waals surface area contributed by atoms with Crippen LogP contribution >= 0.6 is 15.9 Å². The number of aromatic nitrogens is 2. The molecule has 3 rings (SSSR count). The van der Waals surface area contributed by atoms with E-state index < -0.39 is 5.41 Å². The molecule has 0 bridgehead atoms. The molecule has 1 heterocycles. The summed E-state index contributed by atoms with van der Waals surface area (Å²) in [6.07, 6.45) is 0.436. The van der Waals surface area contributed by atoms with Gasteiger partial charge in [0.05, 0.1) is 29.6 Å². The number of phenolic OH excluding ortho intramolecular Hbond substituents is 1. The Labute approximate surface area is 167 Å². The quantitative estimate of drug-likeness (QED) is 0.576. The van der Waals surface area contributed by atoms with Gasteiger partial charge in [0.25, 0.3) is 0 Å². The molecular formula is C21H23BrN2O3. The van der Waals surface area contributed by atoms with Gasteiger partial charge in [0.15, 0.2) is 0 Å². The predicted molar refractivity (Wildman–Crippen MR) is 109 cm³/mol. The van der Waals surface area contributed by atoms with E-state index in [4.69, 9.17) is 9.72 Å². The lowest BCUT2D eigenvalue weighted by atomic mass is 9.89. The Morgan fingerprint density at radius 1 is 1.26 bits per heavy atom. The molecule has 0 atom stereocenters. The molecule has 27 heavy (non-hydrogen) atoms. The Kier molecular flexibility index (Phi) is 5.56. The third-order valence-electron chi connectivity index (χ3n) is 4.53. The maximum Gasteiger partial charge on any atom is 0.311 e. The van der Waals surface area contributed by atoms with Crippen molar-refractivity contribution in [3.05, 3.63) is 58.3 Å². The van der Waals surface area contributed by atoms with Gasteiger partial charge in [-0.15, -0.1) is 0 Å². The zero-order chi connectivity index (χ0) is 19.6. The molecule has 2 aromatic carbocycles. The third-order valence-corrected chi connectivity index (χ3v) is 5.30. The number of hydrogen-bond donors (Lipinski definition) is 1. The second-order valence-corrected chi connectivity index (χ2v) is 8.01. The summed E-state index contributed by atoms with van der Waals surface area (Å²) in [6, 6.07) is 13.2. The summed E-state index contributed by atoms with van der Waals surface area (Å²) in [6.45, 7) is 6.49. The zero-order valence-corrected chi connectivity index (χ0v) is 17.3. The Bertz CT molecular complexity index is 979. The van der Waals surface area contributed by atoms with Crippen molar-refractivity contribution in [2.45, 2.75) is 33.7 Å². The molecule has 0 aliphatic rings. The number of halogens is 1. The highest BCUT2D eigenvalue weighted by atomic mass is 79.9. The number of phenols is 1. The smallest absolute Gasteiger partial charge is 0.311 e. The molecular weight excluding hydrogens is 408 g/mol. The van der Waals surface area contributed by atoms with Gasteiger partial charge in [-0.2, -0.15) is 0 Å². The minimum Gasteiger partial charge on any atom is -0.508 e. The second-order valence-electron chi connectivity index (χ2n) is 7.16. The molecule has 0 fully saturated rings. The van der Waals surface area contributed by atoms with E-state index in [1.54, 1.807) is 19.1 Å². The minimum absolute atomic E-state index is 0.171. The van der Waals surface area contributed by atoms with E-state index in [1.165, 1.54) is 0 Å². The van der Waals surface area contributed by atoms with E-state index in [0.29, 0.717) is 25.1 Å². The molecule has 142 valence electrons. The number of ether oxygens (including phenoxy) is 1. The lowest BCUT2D eigenvalue weighted by Crippen LogP contribution is -2.30. The fourth-order valence-corrected chi connectivity index (χ4v) is 3.48. The van der Waals surface area contributed by atoms with Gasteiger partial charge in [-0.25, -0.2) is 4.98 Å². The highest BCUT2D eigenvalue weighted by Gasteiger charge is 2.32. The van der Waals surface area contributed by atoms with E-state index in [9.17, 15) is 9.90 Å². The molecule has 0 spiro atoms. The van der Waals surface area contributed by atoms with Gasteiger partial charge in [-0.3, -0.25) is 4.79 Å². The first kappa shape index (κ1) is 19.4. The van der Waals surface area contributed by atoms with Crippen molar-refractivity contribution in [2.75, 3.05) is 6.61 Å². The lowest BCUT2D eigenvalue weighted by Gasteiger charge is -2.22. The molecule has 6 heteroatoms. The van der Waals surface area contributed by atoms with Gasteiger partial charge < -0.3 is 14.4 Å². The number of fused-ring (bicyclic) bond motifs is 1. The molecule has 0 saturated carbocycles. The largest absolute Gasteiger partial charge is 0.508 e. The minimum atomic E-state index is -0.703. The highest BCUT2D eigenvalue weighted by molar-refractivity contribution is 9.10. The van der Waals surface area contributed by atoms with Crippen molar-refractivity contribution in [2.24, 2.45) is 5.41 Å². The van der Waals surface area contributed by atoms with Crippen LogP contribution in [-0.4, -0.2) is 27.2 Å². The SMILES string of the molecule is CCOC(=O)C(C)(C)Cc1nc2cc(O)ccc2n1Cc1ccccc1Br. The average molecular weight is 431 g/mol. The molecule has 0 aliphatic carbocycles. The van der Waals surface area contributed by atoms with Gasteiger partial charge in [0, 0.05) is 17.0 Å². The number of carbonyl (C=O) groups excluding carboxylic acids is 1.